The summed E-state index contributed by atoms with van der Waals surface area (Å²) in [5.41, 5.74) is 2.17. The molecule has 2 aliphatic rings. The summed E-state index contributed by atoms with van der Waals surface area (Å²) >= 11 is 1.48. The average molecular weight is 558 g/mol. The van der Waals surface area contributed by atoms with E-state index in [9.17, 15) is 9.59 Å². The van der Waals surface area contributed by atoms with Crippen LogP contribution in [0.25, 0.3) is 10.2 Å². The third-order valence-electron chi connectivity index (χ3n) is 7.80. The first-order chi connectivity index (χ1) is 19.7. The quantitative estimate of drug-likeness (QED) is 0.267. The van der Waals surface area contributed by atoms with E-state index in [-0.39, 0.29) is 18.0 Å². The second-order valence-corrected chi connectivity index (χ2v) is 11.6. The molecule has 2 atom stereocenters. The second-order valence-electron chi connectivity index (χ2n) is 10.6. The van der Waals surface area contributed by atoms with Crippen LogP contribution in [0.5, 0.6) is 0 Å². The van der Waals surface area contributed by atoms with Gasteiger partial charge in [0.1, 0.15) is 0 Å². The number of nitrogens with one attached hydrogen (secondary N) is 3. The van der Waals surface area contributed by atoms with E-state index in [1.54, 1.807) is 0 Å². The van der Waals surface area contributed by atoms with Gasteiger partial charge in [-0.2, -0.15) is 0 Å². The lowest BCUT2D eigenvalue weighted by Crippen LogP contribution is -2.43. The summed E-state index contributed by atoms with van der Waals surface area (Å²) in [6, 6.07) is 18.6. The number of anilines is 1. The number of allylic oxidation sites excluding steroid dienone is 4. The third-order valence-corrected chi connectivity index (χ3v) is 8.75. The van der Waals surface area contributed by atoms with Gasteiger partial charge in [-0.15, -0.1) is 0 Å². The number of aromatic nitrogens is 1. The predicted molar refractivity (Wildman–Crippen MR) is 164 cm³/mol. The van der Waals surface area contributed by atoms with Crippen molar-refractivity contribution >= 4 is 38.6 Å². The number of hydrogen-bond acceptors (Lipinski definition) is 5. The van der Waals surface area contributed by atoms with Crippen molar-refractivity contribution < 1.29 is 9.59 Å². The molecule has 1 fully saturated rings. The molecule has 7 nitrogen and oxygen atoms in total. The number of thiazole rings is 1. The molecule has 210 valence electrons. The van der Waals surface area contributed by atoms with E-state index in [4.69, 9.17) is 0 Å². The highest BCUT2D eigenvalue weighted by atomic mass is 32.1. The van der Waals surface area contributed by atoms with Crippen LogP contribution in [0.2, 0.25) is 0 Å². The fraction of sp³-hybridized carbons (Fsp3) is 0.406. The van der Waals surface area contributed by atoms with Gasteiger partial charge in [-0.1, -0.05) is 78.1 Å². The lowest BCUT2D eigenvalue weighted by atomic mass is 9.80. The van der Waals surface area contributed by atoms with Crippen molar-refractivity contribution in [2.75, 3.05) is 31.5 Å². The van der Waals surface area contributed by atoms with E-state index >= 15 is 0 Å². The van der Waals surface area contributed by atoms with Crippen LogP contribution < -0.4 is 16.0 Å². The minimum absolute atomic E-state index is 0.0692. The first-order valence-electron chi connectivity index (χ1n) is 14.5. The highest BCUT2D eigenvalue weighted by Gasteiger charge is 2.24. The topological polar surface area (TPSA) is 86.4 Å². The molecule has 0 bridgehead atoms. The van der Waals surface area contributed by atoms with Crippen LogP contribution in [0, 0.1) is 5.92 Å². The Morgan fingerprint density at radius 3 is 2.60 bits per heavy atom. The lowest BCUT2D eigenvalue weighted by molar-refractivity contribution is -0.122. The molecule has 3 amide bonds. The molecule has 40 heavy (non-hydrogen) atoms. The number of benzene rings is 2. The summed E-state index contributed by atoms with van der Waals surface area (Å²) in [6.07, 6.45) is 13.5. The van der Waals surface area contributed by atoms with Gasteiger partial charge in [0.2, 0.25) is 5.91 Å². The fourth-order valence-corrected chi connectivity index (χ4v) is 6.48. The summed E-state index contributed by atoms with van der Waals surface area (Å²) in [5, 5.41) is 10.1. The molecule has 0 saturated carbocycles. The number of nitrogens with zero attached hydrogens (tertiary/aromatic N) is 2. The fourth-order valence-electron chi connectivity index (χ4n) is 5.63. The first-order valence-corrected chi connectivity index (χ1v) is 15.3. The van der Waals surface area contributed by atoms with Gasteiger partial charge in [-0.05, 0) is 74.7 Å². The van der Waals surface area contributed by atoms with Gasteiger partial charge in [0.15, 0.2) is 5.13 Å². The molecular weight excluding hydrogens is 518 g/mol. The maximum Gasteiger partial charge on any atom is 0.323 e. The Morgan fingerprint density at radius 1 is 1.02 bits per heavy atom. The molecule has 3 N–H and O–H groups in total. The van der Waals surface area contributed by atoms with Crippen molar-refractivity contribution in [1.29, 1.82) is 0 Å². The molecule has 0 spiro atoms. The number of urea groups is 1. The SMILES string of the molecule is O=C(CCCN(CCC(c1ccccc1)C1C=CC=CC1)C(=O)Nc1nc2ccccc2s1)NC1CCNCC1. The number of hydrogen-bond donors (Lipinski definition) is 3. The normalized spacial score (nSPS) is 17.9. The molecule has 8 heteroatoms. The molecule has 1 aromatic heterocycles. The Hall–Kier alpha value is -3.49. The minimum Gasteiger partial charge on any atom is -0.353 e. The maximum atomic E-state index is 13.6. The zero-order valence-corrected chi connectivity index (χ0v) is 23.7. The van der Waals surface area contributed by atoms with Crippen LogP contribution in [0.3, 0.4) is 0 Å². The molecule has 1 aliphatic heterocycles. The van der Waals surface area contributed by atoms with Crippen LogP contribution in [0.1, 0.15) is 50.0 Å². The van der Waals surface area contributed by atoms with Crippen molar-refractivity contribution in [2.24, 2.45) is 5.92 Å². The summed E-state index contributed by atoms with van der Waals surface area (Å²) in [4.78, 5) is 32.7. The summed E-state index contributed by atoms with van der Waals surface area (Å²) in [5.74, 6) is 0.750. The molecule has 2 heterocycles. The lowest BCUT2D eigenvalue weighted by Gasteiger charge is -2.29. The number of amides is 3. The maximum absolute atomic E-state index is 13.6. The smallest absolute Gasteiger partial charge is 0.323 e. The Bertz CT molecular complexity index is 1280. The summed E-state index contributed by atoms with van der Waals surface area (Å²) in [6.45, 7) is 3.00. The van der Waals surface area contributed by atoms with E-state index < -0.39 is 0 Å². The third kappa shape index (κ3) is 7.79. The predicted octanol–water partition coefficient (Wildman–Crippen LogP) is 6.08. The van der Waals surface area contributed by atoms with Crippen LogP contribution in [0.15, 0.2) is 78.9 Å². The Balaban J connectivity index is 1.25. The van der Waals surface area contributed by atoms with Crippen LogP contribution in [-0.2, 0) is 4.79 Å². The average Bonchev–Trinajstić information content (AvgIpc) is 3.40. The number of carbonyl (C=O) groups is 2. The van der Waals surface area contributed by atoms with Crippen molar-refractivity contribution in [3.8, 4) is 0 Å². The zero-order chi connectivity index (χ0) is 27.6. The van der Waals surface area contributed by atoms with E-state index in [1.807, 2.05) is 35.2 Å². The highest BCUT2D eigenvalue weighted by Crippen LogP contribution is 2.34. The number of carbonyl (C=O) groups excluding carboxylic acids is 2. The molecule has 3 aromatic rings. The molecule has 2 aromatic carbocycles. The Kier molecular flexibility index (Phi) is 9.98. The Labute approximate surface area is 240 Å². The molecule has 1 aliphatic carbocycles. The van der Waals surface area contributed by atoms with Gasteiger partial charge >= 0.3 is 6.03 Å². The first kappa shape index (κ1) is 28.1. The minimum atomic E-state index is -0.163. The summed E-state index contributed by atoms with van der Waals surface area (Å²) in [7, 11) is 0. The van der Waals surface area contributed by atoms with Gasteiger partial charge in [-0.25, -0.2) is 9.78 Å². The van der Waals surface area contributed by atoms with E-state index in [0.29, 0.717) is 42.9 Å². The summed E-state index contributed by atoms with van der Waals surface area (Å²) < 4.78 is 1.04. The molecule has 5 rings (SSSR count). The Morgan fingerprint density at radius 2 is 1.82 bits per heavy atom. The van der Waals surface area contributed by atoms with Crippen molar-refractivity contribution in [3.05, 3.63) is 84.5 Å². The second kappa shape index (κ2) is 14.2. The standard InChI is InChI=1S/C32H39N5O2S/c38-30(34-26-17-20-33-21-18-26)16-9-22-37(32(39)36-31-35-28-14-7-8-15-29(28)40-31)23-19-27(24-10-3-1-4-11-24)25-12-5-2-6-13-25/h1-8,10-12,14-15,25-27,33H,9,13,16-23H2,(H,34,38)(H,35,36,39). The zero-order valence-electron chi connectivity index (χ0n) is 22.9. The van der Waals surface area contributed by atoms with Gasteiger partial charge in [0.25, 0.3) is 0 Å². The van der Waals surface area contributed by atoms with Gasteiger partial charge in [0, 0.05) is 25.6 Å². The van der Waals surface area contributed by atoms with Crippen LogP contribution in [-0.4, -0.2) is 54.0 Å². The molecular formula is C32H39N5O2S. The van der Waals surface area contributed by atoms with Crippen LogP contribution >= 0.6 is 11.3 Å². The monoisotopic (exact) mass is 557 g/mol. The van der Waals surface area contributed by atoms with Gasteiger partial charge < -0.3 is 15.5 Å². The van der Waals surface area contributed by atoms with E-state index in [0.717, 1.165) is 49.0 Å². The van der Waals surface area contributed by atoms with Gasteiger partial charge in [0.05, 0.1) is 10.2 Å². The molecule has 1 saturated heterocycles. The number of para-hydroxylation sites is 1. The number of piperidine rings is 1. The number of fused-ring (bicyclic) bond motifs is 1. The van der Waals surface area contributed by atoms with Gasteiger partial charge in [-0.3, -0.25) is 10.1 Å². The highest BCUT2D eigenvalue weighted by molar-refractivity contribution is 7.22. The largest absolute Gasteiger partial charge is 0.353 e. The molecule has 2 unspecified atom stereocenters. The van der Waals surface area contributed by atoms with E-state index in [2.05, 4.69) is 69.5 Å². The van der Waals surface area contributed by atoms with Crippen LogP contribution in [0.4, 0.5) is 9.93 Å². The van der Waals surface area contributed by atoms with E-state index in [1.165, 1.54) is 16.9 Å². The number of rotatable bonds is 11. The van der Waals surface area contributed by atoms with Crippen molar-refractivity contribution in [2.45, 2.75) is 50.5 Å². The molecule has 0 radical (unpaired) electrons. The van der Waals surface area contributed by atoms with Crippen molar-refractivity contribution in [1.82, 2.24) is 20.5 Å². The van der Waals surface area contributed by atoms with Crippen molar-refractivity contribution in [3.63, 3.8) is 0 Å².